The van der Waals surface area contributed by atoms with Crippen molar-refractivity contribution in [3.05, 3.63) is 35.4 Å². The van der Waals surface area contributed by atoms with Crippen molar-refractivity contribution < 1.29 is 4.79 Å². The Morgan fingerprint density at radius 2 is 1.84 bits per heavy atom. The van der Waals surface area contributed by atoms with Gasteiger partial charge in [-0.25, -0.2) is 0 Å². The summed E-state index contributed by atoms with van der Waals surface area (Å²) < 4.78 is 0. The second-order valence-corrected chi connectivity index (χ2v) is 5.94. The van der Waals surface area contributed by atoms with Crippen molar-refractivity contribution in [3.8, 4) is 0 Å². The summed E-state index contributed by atoms with van der Waals surface area (Å²) in [6.45, 7) is 10.3. The Kier molecular flexibility index (Phi) is 5.55. The van der Waals surface area contributed by atoms with Gasteiger partial charge in [0.1, 0.15) is 0 Å². The molecule has 1 amide bonds. The zero-order valence-corrected chi connectivity index (χ0v) is 12.6. The lowest BCUT2D eigenvalue weighted by atomic mass is 9.93. The SMILES string of the molecule is CCN(CC(C)(C)CN)C(=O)Cc1ccc(C)cc1. The Bertz CT molecular complexity index is 409. The lowest BCUT2D eigenvalue weighted by Gasteiger charge is -2.31. The van der Waals surface area contributed by atoms with Gasteiger partial charge in [-0.15, -0.1) is 0 Å². The first-order valence-electron chi connectivity index (χ1n) is 6.91. The number of amides is 1. The van der Waals surface area contributed by atoms with Crippen LogP contribution in [0.25, 0.3) is 0 Å². The zero-order chi connectivity index (χ0) is 14.5. The minimum Gasteiger partial charge on any atom is -0.342 e. The van der Waals surface area contributed by atoms with Gasteiger partial charge in [-0.1, -0.05) is 43.7 Å². The fourth-order valence-corrected chi connectivity index (χ4v) is 1.95. The monoisotopic (exact) mass is 262 g/mol. The number of hydrogen-bond donors (Lipinski definition) is 1. The first kappa shape index (κ1) is 15.7. The molecule has 1 rings (SSSR count). The molecule has 0 spiro atoms. The molecule has 0 aliphatic carbocycles. The highest BCUT2D eigenvalue weighted by molar-refractivity contribution is 5.78. The molecule has 2 N–H and O–H groups in total. The first-order valence-corrected chi connectivity index (χ1v) is 6.91. The number of aryl methyl sites for hydroxylation is 1. The highest BCUT2D eigenvalue weighted by Crippen LogP contribution is 2.16. The lowest BCUT2D eigenvalue weighted by Crippen LogP contribution is -2.42. The van der Waals surface area contributed by atoms with Crippen molar-refractivity contribution in [2.24, 2.45) is 11.1 Å². The van der Waals surface area contributed by atoms with E-state index in [4.69, 9.17) is 5.73 Å². The molecule has 0 bridgehead atoms. The number of carbonyl (C=O) groups is 1. The largest absolute Gasteiger partial charge is 0.342 e. The first-order chi connectivity index (χ1) is 8.88. The number of likely N-dealkylation sites (N-methyl/N-ethyl adjacent to an activating group) is 1. The Labute approximate surface area is 116 Å². The molecule has 0 aliphatic heterocycles. The number of benzene rings is 1. The van der Waals surface area contributed by atoms with E-state index in [-0.39, 0.29) is 11.3 Å². The van der Waals surface area contributed by atoms with Crippen LogP contribution in [0.15, 0.2) is 24.3 Å². The van der Waals surface area contributed by atoms with E-state index in [0.717, 1.165) is 12.1 Å². The van der Waals surface area contributed by atoms with Crippen LogP contribution in [-0.4, -0.2) is 30.4 Å². The van der Waals surface area contributed by atoms with Gasteiger partial charge in [0, 0.05) is 13.1 Å². The second kappa shape index (κ2) is 6.71. The predicted octanol–water partition coefficient (Wildman–Crippen LogP) is 2.37. The summed E-state index contributed by atoms with van der Waals surface area (Å²) in [7, 11) is 0. The van der Waals surface area contributed by atoms with E-state index in [1.54, 1.807) is 0 Å². The van der Waals surface area contributed by atoms with E-state index in [2.05, 4.69) is 13.8 Å². The van der Waals surface area contributed by atoms with E-state index in [1.807, 2.05) is 43.0 Å². The van der Waals surface area contributed by atoms with Crippen LogP contribution < -0.4 is 5.73 Å². The van der Waals surface area contributed by atoms with Crippen LogP contribution in [0, 0.1) is 12.3 Å². The Morgan fingerprint density at radius 1 is 1.26 bits per heavy atom. The van der Waals surface area contributed by atoms with E-state index >= 15 is 0 Å². The molecule has 19 heavy (non-hydrogen) atoms. The highest BCUT2D eigenvalue weighted by atomic mass is 16.2. The molecule has 0 saturated carbocycles. The predicted molar refractivity (Wildman–Crippen MR) is 80.0 cm³/mol. The zero-order valence-electron chi connectivity index (χ0n) is 12.6. The van der Waals surface area contributed by atoms with Gasteiger partial charge < -0.3 is 10.6 Å². The van der Waals surface area contributed by atoms with Crippen LogP contribution in [0.3, 0.4) is 0 Å². The summed E-state index contributed by atoms with van der Waals surface area (Å²) in [5.74, 6) is 0.174. The smallest absolute Gasteiger partial charge is 0.226 e. The Hall–Kier alpha value is -1.35. The fraction of sp³-hybridized carbons (Fsp3) is 0.562. The van der Waals surface area contributed by atoms with Crippen LogP contribution in [0.5, 0.6) is 0 Å². The standard InChI is InChI=1S/C16H26N2O/c1-5-18(12-16(3,4)11-17)15(19)10-14-8-6-13(2)7-9-14/h6-9H,5,10-12,17H2,1-4H3. The minimum absolute atomic E-state index is 0.0288. The summed E-state index contributed by atoms with van der Waals surface area (Å²) in [5, 5.41) is 0. The molecule has 0 atom stereocenters. The van der Waals surface area contributed by atoms with Crippen molar-refractivity contribution in [3.63, 3.8) is 0 Å². The highest BCUT2D eigenvalue weighted by Gasteiger charge is 2.22. The summed E-state index contributed by atoms with van der Waals surface area (Å²) in [6.07, 6.45) is 0.467. The van der Waals surface area contributed by atoms with Gasteiger partial charge in [0.05, 0.1) is 6.42 Å². The van der Waals surface area contributed by atoms with Crippen LogP contribution in [0.2, 0.25) is 0 Å². The van der Waals surface area contributed by atoms with Gasteiger partial charge >= 0.3 is 0 Å². The van der Waals surface area contributed by atoms with Crippen LogP contribution >= 0.6 is 0 Å². The summed E-state index contributed by atoms with van der Waals surface area (Å²) in [6, 6.07) is 8.13. The maximum absolute atomic E-state index is 12.3. The number of nitrogens with zero attached hydrogens (tertiary/aromatic N) is 1. The molecule has 3 heteroatoms. The average Bonchev–Trinajstić information content (AvgIpc) is 2.38. The molecule has 0 aromatic heterocycles. The Morgan fingerprint density at radius 3 is 2.32 bits per heavy atom. The van der Waals surface area contributed by atoms with Crippen LogP contribution in [0.4, 0.5) is 0 Å². The number of carbonyl (C=O) groups excluding carboxylic acids is 1. The molecule has 0 radical (unpaired) electrons. The molecule has 1 aromatic carbocycles. The molecule has 0 fully saturated rings. The second-order valence-electron chi connectivity index (χ2n) is 5.94. The third-order valence-electron chi connectivity index (χ3n) is 3.38. The molecule has 0 unspecified atom stereocenters. The van der Waals surface area contributed by atoms with Crippen molar-refractivity contribution in [1.29, 1.82) is 0 Å². The van der Waals surface area contributed by atoms with Crippen molar-refractivity contribution in [2.45, 2.75) is 34.1 Å². The summed E-state index contributed by atoms with van der Waals surface area (Å²) >= 11 is 0. The third-order valence-corrected chi connectivity index (χ3v) is 3.38. The molecule has 106 valence electrons. The van der Waals surface area contributed by atoms with Gasteiger partial charge in [-0.05, 0) is 31.4 Å². The van der Waals surface area contributed by atoms with Crippen LogP contribution in [-0.2, 0) is 11.2 Å². The third kappa shape index (κ3) is 5.03. The topological polar surface area (TPSA) is 46.3 Å². The minimum atomic E-state index is -0.0288. The van der Waals surface area contributed by atoms with Crippen molar-refractivity contribution in [1.82, 2.24) is 4.90 Å². The molecular formula is C16H26N2O. The molecule has 0 heterocycles. The number of rotatable bonds is 6. The van der Waals surface area contributed by atoms with E-state index in [1.165, 1.54) is 5.56 Å². The lowest BCUT2D eigenvalue weighted by molar-refractivity contribution is -0.131. The number of nitrogens with two attached hydrogens (primary N) is 1. The van der Waals surface area contributed by atoms with Gasteiger partial charge in [0.15, 0.2) is 0 Å². The van der Waals surface area contributed by atoms with Gasteiger partial charge in [-0.3, -0.25) is 4.79 Å². The summed E-state index contributed by atoms with van der Waals surface area (Å²) in [5.41, 5.74) is 8.00. The van der Waals surface area contributed by atoms with Gasteiger partial charge in [0.2, 0.25) is 5.91 Å². The number of hydrogen-bond acceptors (Lipinski definition) is 2. The maximum Gasteiger partial charge on any atom is 0.226 e. The molecule has 3 nitrogen and oxygen atoms in total. The quantitative estimate of drug-likeness (QED) is 0.855. The van der Waals surface area contributed by atoms with E-state index in [0.29, 0.717) is 19.5 Å². The van der Waals surface area contributed by atoms with Gasteiger partial charge in [-0.2, -0.15) is 0 Å². The molecule has 0 aliphatic rings. The maximum atomic E-state index is 12.3. The fourth-order valence-electron chi connectivity index (χ4n) is 1.95. The molecule has 0 saturated heterocycles. The normalized spacial score (nSPS) is 11.4. The van der Waals surface area contributed by atoms with Gasteiger partial charge in [0.25, 0.3) is 0 Å². The van der Waals surface area contributed by atoms with Crippen molar-refractivity contribution in [2.75, 3.05) is 19.6 Å². The molecule has 1 aromatic rings. The molecular weight excluding hydrogens is 236 g/mol. The van der Waals surface area contributed by atoms with E-state index in [9.17, 15) is 4.79 Å². The summed E-state index contributed by atoms with van der Waals surface area (Å²) in [4.78, 5) is 14.2. The average molecular weight is 262 g/mol. The Balaban J connectivity index is 2.66. The van der Waals surface area contributed by atoms with E-state index < -0.39 is 0 Å². The van der Waals surface area contributed by atoms with Crippen molar-refractivity contribution >= 4 is 5.91 Å². The van der Waals surface area contributed by atoms with Crippen LogP contribution in [0.1, 0.15) is 31.9 Å².